The van der Waals surface area contributed by atoms with E-state index in [1.807, 2.05) is 20.8 Å². The summed E-state index contributed by atoms with van der Waals surface area (Å²) in [6.45, 7) is 7.26. The number of carbonyl (C=O) groups is 3. The number of piperazine rings is 1. The Bertz CT molecular complexity index is 645. The minimum atomic E-state index is -0.533. The molecule has 2 amide bonds. The number of carbonyl (C=O) groups excluding carboxylic acids is 3. The summed E-state index contributed by atoms with van der Waals surface area (Å²) < 4.78 is 5.90. The molecule has 1 aromatic heterocycles. The second-order valence-corrected chi connectivity index (χ2v) is 8.59. The van der Waals surface area contributed by atoms with Crippen molar-refractivity contribution in [3.8, 4) is 0 Å². The van der Waals surface area contributed by atoms with Crippen LogP contribution < -0.4 is 0 Å². The SMILES string of the molecule is CC(C)(C)OC(=O)N1CCN(C(=O)CCC(=O)c2ccc(Cl)s2)CC1. The third kappa shape index (κ3) is 6.01. The summed E-state index contributed by atoms with van der Waals surface area (Å²) >= 11 is 7.04. The fourth-order valence-electron chi connectivity index (χ4n) is 2.43. The molecule has 0 aliphatic carbocycles. The number of nitrogens with zero attached hydrogens (tertiary/aromatic N) is 2. The molecule has 1 aromatic rings. The largest absolute Gasteiger partial charge is 0.444 e. The second-order valence-electron chi connectivity index (χ2n) is 6.88. The van der Waals surface area contributed by atoms with Gasteiger partial charge in [-0.1, -0.05) is 11.6 Å². The highest BCUT2D eigenvalue weighted by Crippen LogP contribution is 2.23. The lowest BCUT2D eigenvalue weighted by Crippen LogP contribution is -2.51. The number of hydrogen-bond donors (Lipinski definition) is 0. The molecule has 0 atom stereocenters. The van der Waals surface area contributed by atoms with E-state index in [9.17, 15) is 14.4 Å². The van der Waals surface area contributed by atoms with Crippen molar-refractivity contribution in [1.29, 1.82) is 0 Å². The number of Topliss-reactive ketones (excluding diaryl/α,β-unsaturated/α-hetero) is 1. The van der Waals surface area contributed by atoms with E-state index in [2.05, 4.69) is 0 Å². The Hall–Kier alpha value is -1.60. The quantitative estimate of drug-likeness (QED) is 0.743. The van der Waals surface area contributed by atoms with Crippen molar-refractivity contribution in [1.82, 2.24) is 9.80 Å². The minimum Gasteiger partial charge on any atom is -0.444 e. The highest BCUT2D eigenvalue weighted by atomic mass is 35.5. The zero-order chi connectivity index (χ0) is 18.6. The summed E-state index contributed by atoms with van der Waals surface area (Å²) in [5.41, 5.74) is -0.533. The highest BCUT2D eigenvalue weighted by molar-refractivity contribution is 7.18. The van der Waals surface area contributed by atoms with Gasteiger partial charge in [0.2, 0.25) is 5.91 Å². The number of halogens is 1. The van der Waals surface area contributed by atoms with Gasteiger partial charge in [-0.05, 0) is 32.9 Å². The first-order valence-electron chi connectivity index (χ1n) is 8.20. The van der Waals surface area contributed by atoms with E-state index in [-0.39, 0.29) is 30.6 Å². The highest BCUT2D eigenvalue weighted by Gasteiger charge is 2.27. The maximum absolute atomic E-state index is 12.3. The van der Waals surface area contributed by atoms with Crippen LogP contribution in [-0.2, 0) is 9.53 Å². The third-order valence-corrected chi connectivity index (χ3v) is 4.97. The van der Waals surface area contributed by atoms with Gasteiger partial charge in [0.25, 0.3) is 0 Å². The van der Waals surface area contributed by atoms with Gasteiger partial charge in [-0.25, -0.2) is 4.79 Å². The molecule has 0 aromatic carbocycles. The van der Waals surface area contributed by atoms with Crippen molar-refractivity contribution >= 4 is 40.7 Å². The van der Waals surface area contributed by atoms with E-state index in [4.69, 9.17) is 16.3 Å². The summed E-state index contributed by atoms with van der Waals surface area (Å²) in [6.07, 6.45) is -0.0210. The van der Waals surface area contributed by atoms with Gasteiger partial charge in [0.1, 0.15) is 5.60 Å². The maximum Gasteiger partial charge on any atom is 0.410 e. The van der Waals surface area contributed by atoms with E-state index in [0.717, 1.165) is 0 Å². The van der Waals surface area contributed by atoms with E-state index in [0.29, 0.717) is 35.4 Å². The molecule has 8 heteroatoms. The molecule has 6 nitrogen and oxygen atoms in total. The molecule has 0 bridgehead atoms. The first-order chi connectivity index (χ1) is 11.7. The molecule has 1 aliphatic rings. The molecule has 2 heterocycles. The topological polar surface area (TPSA) is 66.9 Å². The lowest BCUT2D eigenvalue weighted by Gasteiger charge is -2.35. The molecule has 1 fully saturated rings. The fraction of sp³-hybridized carbons (Fsp3) is 0.588. The second kappa shape index (κ2) is 8.19. The fourth-order valence-corrected chi connectivity index (χ4v) is 3.44. The lowest BCUT2D eigenvalue weighted by molar-refractivity contribution is -0.132. The monoisotopic (exact) mass is 386 g/mol. The van der Waals surface area contributed by atoms with Gasteiger partial charge in [0.05, 0.1) is 9.21 Å². The molecule has 138 valence electrons. The van der Waals surface area contributed by atoms with Gasteiger partial charge in [-0.2, -0.15) is 0 Å². The van der Waals surface area contributed by atoms with E-state index >= 15 is 0 Å². The molecule has 1 saturated heterocycles. The number of ketones is 1. The molecule has 2 rings (SSSR count). The van der Waals surface area contributed by atoms with Crippen molar-refractivity contribution in [3.05, 3.63) is 21.3 Å². The van der Waals surface area contributed by atoms with Crippen LogP contribution in [0.25, 0.3) is 0 Å². The predicted octanol–water partition coefficient (Wildman–Crippen LogP) is 3.44. The average molecular weight is 387 g/mol. The molecule has 1 aliphatic heterocycles. The minimum absolute atomic E-state index is 0.0696. The van der Waals surface area contributed by atoms with Crippen molar-refractivity contribution in [2.24, 2.45) is 0 Å². The first-order valence-corrected chi connectivity index (χ1v) is 9.39. The van der Waals surface area contributed by atoms with Gasteiger partial charge in [-0.15, -0.1) is 11.3 Å². The first kappa shape index (κ1) is 19.7. The molecule has 0 unspecified atom stereocenters. The Labute approximate surface area is 156 Å². The number of thiophene rings is 1. The summed E-state index contributed by atoms with van der Waals surface area (Å²) in [6, 6.07) is 3.36. The molecule has 0 spiro atoms. The van der Waals surface area contributed by atoms with Crippen LogP contribution in [0.5, 0.6) is 0 Å². The van der Waals surface area contributed by atoms with Gasteiger partial charge in [0.15, 0.2) is 5.78 Å². The van der Waals surface area contributed by atoms with Crippen LogP contribution in [0.4, 0.5) is 4.79 Å². The van der Waals surface area contributed by atoms with Crippen molar-refractivity contribution in [2.75, 3.05) is 26.2 Å². The van der Waals surface area contributed by atoms with Crippen LogP contribution in [0.15, 0.2) is 12.1 Å². The Kier molecular flexibility index (Phi) is 6.46. The summed E-state index contributed by atoms with van der Waals surface area (Å²) in [5, 5.41) is 0. The number of hydrogen-bond acceptors (Lipinski definition) is 5. The van der Waals surface area contributed by atoms with Crippen molar-refractivity contribution < 1.29 is 19.1 Å². The summed E-state index contributed by atoms with van der Waals surface area (Å²) in [5.74, 6) is -0.141. The Morgan fingerprint density at radius 3 is 2.20 bits per heavy atom. The van der Waals surface area contributed by atoms with Gasteiger partial charge in [-0.3, -0.25) is 9.59 Å². The molecule has 0 saturated carbocycles. The van der Waals surface area contributed by atoms with E-state index < -0.39 is 5.60 Å². The molecular formula is C17H23ClN2O4S. The van der Waals surface area contributed by atoms with Crippen LogP contribution in [0.2, 0.25) is 4.34 Å². The zero-order valence-corrected chi connectivity index (χ0v) is 16.3. The van der Waals surface area contributed by atoms with Crippen LogP contribution in [0, 0.1) is 0 Å². The third-order valence-electron chi connectivity index (χ3n) is 3.70. The summed E-state index contributed by atoms with van der Waals surface area (Å²) in [7, 11) is 0. The maximum atomic E-state index is 12.3. The summed E-state index contributed by atoms with van der Waals surface area (Å²) in [4.78, 5) is 40.2. The van der Waals surface area contributed by atoms with Crippen molar-refractivity contribution in [3.63, 3.8) is 0 Å². The molecule has 0 N–H and O–H groups in total. The Morgan fingerprint density at radius 2 is 1.68 bits per heavy atom. The number of rotatable bonds is 4. The average Bonchev–Trinajstić information content (AvgIpc) is 2.97. The van der Waals surface area contributed by atoms with Gasteiger partial charge < -0.3 is 14.5 Å². The number of ether oxygens (including phenoxy) is 1. The van der Waals surface area contributed by atoms with Crippen LogP contribution >= 0.6 is 22.9 Å². The van der Waals surface area contributed by atoms with Crippen LogP contribution in [0.1, 0.15) is 43.3 Å². The van der Waals surface area contributed by atoms with Crippen LogP contribution in [-0.4, -0.2) is 59.4 Å². The van der Waals surface area contributed by atoms with Crippen molar-refractivity contribution in [2.45, 2.75) is 39.2 Å². The zero-order valence-electron chi connectivity index (χ0n) is 14.7. The Balaban J connectivity index is 1.75. The van der Waals surface area contributed by atoms with E-state index in [1.165, 1.54) is 11.3 Å². The number of amides is 2. The smallest absolute Gasteiger partial charge is 0.410 e. The van der Waals surface area contributed by atoms with Gasteiger partial charge >= 0.3 is 6.09 Å². The van der Waals surface area contributed by atoms with Gasteiger partial charge in [0, 0.05) is 39.0 Å². The molecular weight excluding hydrogens is 364 g/mol. The normalized spacial score (nSPS) is 15.2. The lowest BCUT2D eigenvalue weighted by atomic mass is 10.1. The Morgan fingerprint density at radius 1 is 1.08 bits per heavy atom. The van der Waals surface area contributed by atoms with Crippen LogP contribution in [0.3, 0.4) is 0 Å². The van der Waals surface area contributed by atoms with E-state index in [1.54, 1.807) is 21.9 Å². The molecule has 0 radical (unpaired) electrons. The standard InChI is InChI=1S/C17H23ClN2O4S/c1-17(2,3)24-16(23)20-10-8-19(9-11-20)15(22)7-4-12(21)13-5-6-14(18)25-13/h5-6H,4,7-11H2,1-3H3. The molecule has 25 heavy (non-hydrogen) atoms. The predicted molar refractivity (Wildman–Crippen MR) is 97.3 cm³/mol.